The van der Waals surface area contributed by atoms with Crippen molar-refractivity contribution in [1.82, 2.24) is 0 Å². The lowest BCUT2D eigenvalue weighted by molar-refractivity contribution is -0.141. The van der Waals surface area contributed by atoms with Gasteiger partial charge >= 0.3 is 5.97 Å². The van der Waals surface area contributed by atoms with Gasteiger partial charge in [0.05, 0.1) is 13.5 Å². The van der Waals surface area contributed by atoms with Crippen LogP contribution < -0.4 is 5.73 Å². The average molecular weight is 290 g/mol. The van der Waals surface area contributed by atoms with Gasteiger partial charge in [0.25, 0.3) is 0 Å². The standard InChI is InChI=1S/C13H17Cl2NO2/c1-13(2,16)10(7-12(17)18-3)9-6-8(14)4-5-11(9)15/h4-6,10H,7,16H2,1-3H3. The molecule has 0 fully saturated rings. The number of hydrogen-bond donors (Lipinski definition) is 1. The van der Waals surface area contributed by atoms with Gasteiger partial charge in [-0.2, -0.15) is 0 Å². The number of rotatable bonds is 4. The van der Waals surface area contributed by atoms with E-state index in [1.54, 1.807) is 18.2 Å². The molecule has 0 radical (unpaired) electrons. The van der Waals surface area contributed by atoms with Crippen LogP contribution in [0.25, 0.3) is 0 Å². The third-order valence-corrected chi connectivity index (χ3v) is 3.41. The number of carbonyl (C=O) groups is 1. The second kappa shape index (κ2) is 5.91. The summed E-state index contributed by atoms with van der Waals surface area (Å²) in [6.07, 6.45) is 0.167. The number of hydrogen-bond acceptors (Lipinski definition) is 3. The van der Waals surface area contributed by atoms with Crippen LogP contribution in [0.5, 0.6) is 0 Å². The molecule has 0 spiro atoms. The SMILES string of the molecule is COC(=O)CC(c1cc(Cl)ccc1Cl)C(C)(C)N. The zero-order valence-corrected chi connectivity index (χ0v) is 12.2. The van der Waals surface area contributed by atoms with Gasteiger partial charge in [-0.1, -0.05) is 23.2 Å². The number of methoxy groups -OCH3 is 1. The zero-order chi connectivity index (χ0) is 13.9. The van der Waals surface area contributed by atoms with E-state index in [1.165, 1.54) is 7.11 Å². The van der Waals surface area contributed by atoms with Crippen molar-refractivity contribution in [3.8, 4) is 0 Å². The Balaban J connectivity index is 3.17. The van der Waals surface area contributed by atoms with Gasteiger partial charge < -0.3 is 10.5 Å². The highest BCUT2D eigenvalue weighted by Crippen LogP contribution is 2.36. The van der Waals surface area contributed by atoms with Crippen molar-refractivity contribution in [2.45, 2.75) is 31.7 Å². The summed E-state index contributed by atoms with van der Waals surface area (Å²) in [5.74, 6) is -0.578. The topological polar surface area (TPSA) is 52.3 Å². The molecule has 2 N–H and O–H groups in total. The van der Waals surface area contributed by atoms with Crippen LogP contribution in [0.3, 0.4) is 0 Å². The molecule has 0 saturated carbocycles. The summed E-state index contributed by atoms with van der Waals surface area (Å²) < 4.78 is 4.70. The second-order valence-electron chi connectivity index (χ2n) is 4.82. The van der Waals surface area contributed by atoms with E-state index in [0.717, 1.165) is 5.56 Å². The molecule has 0 aliphatic heterocycles. The molecular formula is C13H17Cl2NO2. The number of ether oxygens (including phenoxy) is 1. The summed E-state index contributed by atoms with van der Waals surface area (Å²) in [5.41, 5.74) is 6.28. The summed E-state index contributed by atoms with van der Waals surface area (Å²) in [6, 6.07) is 5.15. The third-order valence-electron chi connectivity index (χ3n) is 2.83. The van der Waals surface area contributed by atoms with E-state index in [0.29, 0.717) is 10.0 Å². The van der Waals surface area contributed by atoms with E-state index in [-0.39, 0.29) is 18.3 Å². The van der Waals surface area contributed by atoms with Crippen LogP contribution in [0.1, 0.15) is 31.7 Å². The summed E-state index contributed by atoms with van der Waals surface area (Å²) in [4.78, 5) is 11.5. The summed E-state index contributed by atoms with van der Waals surface area (Å²) >= 11 is 12.1. The van der Waals surface area contributed by atoms with Crippen LogP contribution in [-0.4, -0.2) is 18.6 Å². The van der Waals surface area contributed by atoms with Gasteiger partial charge in [-0.05, 0) is 37.6 Å². The molecule has 3 nitrogen and oxygen atoms in total. The Kier molecular flexibility index (Phi) is 5.02. The van der Waals surface area contributed by atoms with Crippen molar-refractivity contribution in [3.05, 3.63) is 33.8 Å². The van der Waals surface area contributed by atoms with Gasteiger partial charge in [-0.3, -0.25) is 4.79 Å². The van der Waals surface area contributed by atoms with E-state index in [4.69, 9.17) is 33.7 Å². The van der Waals surface area contributed by atoms with Gasteiger partial charge in [0.1, 0.15) is 0 Å². The predicted octanol–water partition coefficient (Wildman–Crippen LogP) is 3.38. The van der Waals surface area contributed by atoms with E-state index in [9.17, 15) is 4.79 Å². The fourth-order valence-corrected chi connectivity index (χ4v) is 2.24. The Morgan fingerprint density at radius 3 is 2.56 bits per heavy atom. The summed E-state index contributed by atoms with van der Waals surface area (Å²) in [6.45, 7) is 3.69. The Bertz CT molecular complexity index is 441. The smallest absolute Gasteiger partial charge is 0.306 e. The molecule has 0 aromatic heterocycles. The summed E-state index contributed by atoms with van der Waals surface area (Å²) in [5, 5.41) is 1.11. The molecule has 0 saturated heterocycles. The van der Waals surface area contributed by atoms with E-state index in [1.807, 2.05) is 13.8 Å². The van der Waals surface area contributed by atoms with E-state index in [2.05, 4.69) is 0 Å². The molecule has 1 rings (SSSR count). The molecule has 0 amide bonds. The summed E-state index contributed by atoms with van der Waals surface area (Å²) in [7, 11) is 1.35. The Labute approximate surface area is 117 Å². The molecule has 1 unspecified atom stereocenters. The molecule has 5 heteroatoms. The molecule has 0 aliphatic carbocycles. The largest absolute Gasteiger partial charge is 0.469 e. The quantitative estimate of drug-likeness (QED) is 0.865. The van der Waals surface area contributed by atoms with Gasteiger partial charge in [0.2, 0.25) is 0 Å². The molecule has 0 heterocycles. The van der Waals surface area contributed by atoms with Crippen molar-refractivity contribution in [2.24, 2.45) is 5.73 Å². The first kappa shape index (κ1) is 15.3. The number of nitrogens with two attached hydrogens (primary N) is 1. The number of carbonyl (C=O) groups excluding carboxylic acids is 1. The molecule has 1 aromatic carbocycles. The van der Waals surface area contributed by atoms with Crippen LogP contribution in [0.15, 0.2) is 18.2 Å². The van der Waals surface area contributed by atoms with Crippen molar-refractivity contribution in [2.75, 3.05) is 7.11 Å². The number of halogens is 2. The van der Waals surface area contributed by atoms with Gasteiger partial charge in [0, 0.05) is 21.5 Å². The maximum Gasteiger partial charge on any atom is 0.306 e. The van der Waals surface area contributed by atoms with Gasteiger partial charge in [0.15, 0.2) is 0 Å². The Morgan fingerprint density at radius 2 is 2.06 bits per heavy atom. The first-order chi connectivity index (χ1) is 8.25. The Hall–Kier alpha value is -0.770. The lowest BCUT2D eigenvalue weighted by Gasteiger charge is -2.31. The molecule has 0 aliphatic rings. The normalized spacial score (nSPS) is 13.2. The van der Waals surface area contributed by atoms with E-state index < -0.39 is 5.54 Å². The van der Waals surface area contributed by atoms with Crippen LogP contribution in [0.4, 0.5) is 0 Å². The lowest BCUT2D eigenvalue weighted by atomic mass is 9.80. The maximum absolute atomic E-state index is 11.5. The minimum absolute atomic E-state index is 0.167. The van der Waals surface area contributed by atoms with Crippen molar-refractivity contribution >= 4 is 29.2 Å². The minimum atomic E-state index is -0.609. The first-order valence-electron chi connectivity index (χ1n) is 5.56. The number of esters is 1. The highest BCUT2D eigenvalue weighted by atomic mass is 35.5. The first-order valence-corrected chi connectivity index (χ1v) is 6.32. The fraction of sp³-hybridized carbons (Fsp3) is 0.462. The highest BCUT2D eigenvalue weighted by molar-refractivity contribution is 6.33. The monoisotopic (exact) mass is 289 g/mol. The lowest BCUT2D eigenvalue weighted by Crippen LogP contribution is -2.40. The minimum Gasteiger partial charge on any atom is -0.469 e. The van der Waals surface area contributed by atoms with Gasteiger partial charge in [-0.25, -0.2) is 0 Å². The molecule has 1 aromatic rings. The second-order valence-corrected chi connectivity index (χ2v) is 5.66. The maximum atomic E-state index is 11.5. The molecule has 100 valence electrons. The van der Waals surface area contributed by atoms with Crippen LogP contribution in [-0.2, 0) is 9.53 Å². The zero-order valence-electron chi connectivity index (χ0n) is 10.7. The van der Waals surface area contributed by atoms with Crippen molar-refractivity contribution in [1.29, 1.82) is 0 Å². The van der Waals surface area contributed by atoms with Crippen molar-refractivity contribution < 1.29 is 9.53 Å². The van der Waals surface area contributed by atoms with Gasteiger partial charge in [-0.15, -0.1) is 0 Å². The molecule has 1 atom stereocenters. The van der Waals surface area contributed by atoms with Crippen LogP contribution in [0.2, 0.25) is 10.0 Å². The molecular weight excluding hydrogens is 273 g/mol. The average Bonchev–Trinajstić information content (AvgIpc) is 2.27. The third kappa shape index (κ3) is 3.87. The van der Waals surface area contributed by atoms with Crippen LogP contribution in [0, 0.1) is 0 Å². The number of benzene rings is 1. The van der Waals surface area contributed by atoms with Crippen molar-refractivity contribution in [3.63, 3.8) is 0 Å². The molecule has 0 bridgehead atoms. The van der Waals surface area contributed by atoms with Crippen LogP contribution >= 0.6 is 23.2 Å². The van der Waals surface area contributed by atoms with E-state index >= 15 is 0 Å². The Morgan fingerprint density at radius 1 is 1.44 bits per heavy atom. The fourth-order valence-electron chi connectivity index (χ4n) is 1.81. The highest BCUT2D eigenvalue weighted by Gasteiger charge is 2.31. The predicted molar refractivity (Wildman–Crippen MR) is 74.1 cm³/mol. The molecule has 18 heavy (non-hydrogen) atoms.